The van der Waals surface area contributed by atoms with Crippen molar-refractivity contribution in [3.05, 3.63) is 12.4 Å². The Labute approximate surface area is 114 Å². The van der Waals surface area contributed by atoms with Crippen LogP contribution < -0.4 is 10.2 Å². The fraction of sp³-hybridized carbons (Fsp3) is 0.786. The average Bonchev–Trinajstić information content (AvgIpc) is 2.87. The second kappa shape index (κ2) is 5.92. The molecule has 0 saturated carbocycles. The Bertz CT molecular complexity index is 400. The third-order valence-electron chi connectivity index (χ3n) is 4.17. The molecule has 106 valence electrons. The third kappa shape index (κ3) is 3.28. The number of piperidine rings is 1. The molecule has 2 aliphatic rings. The molecule has 0 bridgehead atoms. The van der Waals surface area contributed by atoms with E-state index in [9.17, 15) is 0 Å². The minimum absolute atomic E-state index is 0.608. The Morgan fingerprint density at radius 2 is 2.11 bits per heavy atom. The van der Waals surface area contributed by atoms with Crippen LogP contribution in [0.4, 0.5) is 5.69 Å². The molecule has 1 aromatic heterocycles. The van der Waals surface area contributed by atoms with E-state index in [2.05, 4.69) is 21.5 Å². The lowest BCUT2D eigenvalue weighted by Gasteiger charge is -2.36. The maximum Gasteiger partial charge on any atom is 0.0752 e. The maximum absolute atomic E-state index is 5.42. The number of aromatic nitrogens is 2. The second-order valence-corrected chi connectivity index (χ2v) is 5.71. The van der Waals surface area contributed by atoms with Crippen molar-refractivity contribution in [2.24, 2.45) is 7.05 Å². The van der Waals surface area contributed by atoms with Gasteiger partial charge in [0, 0.05) is 51.6 Å². The predicted octanol–water partition coefficient (Wildman–Crippen LogP) is 1.16. The molecule has 2 saturated heterocycles. The quantitative estimate of drug-likeness (QED) is 0.889. The van der Waals surface area contributed by atoms with E-state index in [4.69, 9.17) is 4.74 Å². The first-order chi connectivity index (χ1) is 9.31. The van der Waals surface area contributed by atoms with Gasteiger partial charge in [0.1, 0.15) is 0 Å². The smallest absolute Gasteiger partial charge is 0.0752 e. The van der Waals surface area contributed by atoms with Gasteiger partial charge in [0.25, 0.3) is 0 Å². The Kier molecular flexibility index (Phi) is 4.03. The largest absolute Gasteiger partial charge is 0.381 e. The Hall–Kier alpha value is -1.07. The Morgan fingerprint density at radius 1 is 1.26 bits per heavy atom. The first kappa shape index (κ1) is 12.9. The van der Waals surface area contributed by atoms with Crippen LogP contribution >= 0.6 is 0 Å². The van der Waals surface area contributed by atoms with E-state index < -0.39 is 0 Å². The highest BCUT2D eigenvalue weighted by atomic mass is 16.5. The molecular weight excluding hydrogens is 240 g/mol. The minimum Gasteiger partial charge on any atom is -0.381 e. The minimum atomic E-state index is 0.608. The summed E-state index contributed by atoms with van der Waals surface area (Å²) in [5.41, 5.74) is 1.25. The molecule has 5 heteroatoms. The summed E-state index contributed by atoms with van der Waals surface area (Å²) in [6.07, 6.45) is 8.93. The fourth-order valence-electron chi connectivity index (χ4n) is 3.12. The predicted molar refractivity (Wildman–Crippen MR) is 75.4 cm³/mol. The lowest BCUT2D eigenvalue weighted by Crippen LogP contribution is -2.50. The number of hydrogen-bond acceptors (Lipinski definition) is 4. The number of nitrogens with one attached hydrogen (secondary N) is 1. The molecule has 3 heterocycles. The molecule has 0 aromatic carbocycles. The first-order valence-electron chi connectivity index (χ1n) is 7.38. The number of aryl methyl sites for hydroxylation is 1. The van der Waals surface area contributed by atoms with Crippen LogP contribution in [-0.2, 0) is 11.8 Å². The van der Waals surface area contributed by atoms with E-state index >= 15 is 0 Å². The van der Waals surface area contributed by atoms with Gasteiger partial charge in [-0.2, -0.15) is 5.10 Å². The van der Waals surface area contributed by atoms with Crippen molar-refractivity contribution in [3.63, 3.8) is 0 Å². The second-order valence-electron chi connectivity index (χ2n) is 5.71. The lowest BCUT2D eigenvalue weighted by molar-refractivity contribution is 0.0742. The van der Waals surface area contributed by atoms with Gasteiger partial charge >= 0.3 is 0 Å². The summed E-state index contributed by atoms with van der Waals surface area (Å²) in [6, 6.07) is 1.25. The standard InChI is InChI=1S/C14H24N4O/c1-17-11-14(9-15-17)18-6-2-3-13(10-18)16-12-4-7-19-8-5-12/h9,11-13,16H,2-8,10H2,1H3/t13-/m1/s1. The van der Waals surface area contributed by atoms with Crippen molar-refractivity contribution in [1.29, 1.82) is 0 Å². The van der Waals surface area contributed by atoms with E-state index in [0.717, 1.165) is 39.1 Å². The third-order valence-corrected chi connectivity index (χ3v) is 4.17. The number of nitrogens with zero attached hydrogens (tertiary/aromatic N) is 3. The topological polar surface area (TPSA) is 42.3 Å². The molecule has 0 spiro atoms. The molecule has 5 nitrogen and oxygen atoms in total. The lowest BCUT2D eigenvalue weighted by atomic mass is 10.0. The first-order valence-corrected chi connectivity index (χ1v) is 7.38. The molecule has 1 N–H and O–H groups in total. The molecule has 0 aliphatic carbocycles. The van der Waals surface area contributed by atoms with Gasteiger partial charge in [0.05, 0.1) is 11.9 Å². The summed E-state index contributed by atoms with van der Waals surface area (Å²) >= 11 is 0. The zero-order chi connectivity index (χ0) is 13.1. The van der Waals surface area contributed by atoms with Crippen molar-refractivity contribution in [1.82, 2.24) is 15.1 Å². The summed E-state index contributed by atoms with van der Waals surface area (Å²) in [4.78, 5) is 2.45. The van der Waals surface area contributed by atoms with E-state index in [1.165, 1.54) is 18.5 Å². The maximum atomic E-state index is 5.42. The van der Waals surface area contributed by atoms with E-state index in [0.29, 0.717) is 12.1 Å². The van der Waals surface area contributed by atoms with Crippen molar-refractivity contribution in [2.75, 3.05) is 31.2 Å². The highest BCUT2D eigenvalue weighted by molar-refractivity contribution is 5.42. The molecule has 19 heavy (non-hydrogen) atoms. The van der Waals surface area contributed by atoms with Crippen LogP contribution in [0.1, 0.15) is 25.7 Å². The number of ether oxygens (including phenoxy) is 1. The van der Waals surface area contributed by atoms with Crippen LogP contribution in [0, 0.1) is 0 Å². The van der Waals surface area contributed by atoms with Gasteiger partial charge in [-0.05, 0) is 25.7 Å². The molecule has 1 aromatic rings. The van der Waals surface area contributed by atoms with Gasteiger partial charge in [0.15, 0.2) is 0 Å². The fourth-order valence-corrected chi connectivity index (χ4v) is 3.12. The number of anilines is 1. The Morgan fingerprint density at radius 3 is 2.84 bits per heavy atom. The summed E-state index contributed by atoms with van der Waals surface area (Å²) in [6.45, 7) is 4.08. The molecule has 2 fully saturated rings. The van der Waals surface area contributed by atoms with Crippen LogP contribution in [0.2, 0.25) is 0 Å². The summed E-state index contributed by atoms with van der Waals surface area (Å²) < 4.78 is 7.30. The summed E-state index contributed by atoms with van der Waals surface area (Å²) in [5.74, 6) is 0. The van der Waals surface area contributed by atoms with Gasteiger partial charge in [-0.25, -0.2) is 0 Å². The SMILES string of the molecule is Cn1cc(N2CCC[C@@H](NC3CCOCC3)C2)cn1. The van der Waals surface area contributed by atoms with E-state index in [1.807, 2.05) is 17.9 Å². The molecule has 0 unspecified atom stereocenters. The van der Waals surface area contributed by atoms with E-state index in [1.54, 1.807) is 0 Å². The summed E-state index contributed by atoms with van der Waals surface area (Å²) in [5, 5.41) is 8.09. The number of hydrogen-bond donors (Lipinski definition) is 1. The van der Waals surface area contributed by atoms with Gasteiger partial charge in [-0.15, -0.1) is 0 Å². The normalized spacial score (nSPS) is 25.7. The van der Waals surface area contributed by atoms with Crippen LogP contribution in [0.5, 0.6) is 0 Å². The molecule has 0 amide bonds. The highest BCUT2D eigenvalue weighted by Gasteiger charge is 2.24. The molecular formula is C14H24N4O. The van der Waals surface area contributed by atoms with Gasteiger partial charge in [-0.3, -0.25) is 4.68 Å². The Balaban J connectivity index is 1.55. The zero-order valence-corrected chi connectivity index (χ0v) is 11.7. The van der Waals surface area contributed by atoms with Crippen molar-refractivity contribution in [3.8, 4) is 0 Å². The molecule has 1 atom stereocenters. The van der Waals surface area contributed by atoms with Gasteiger partial charge in [-0.1, -0.05) is 0 Å². The molecule has 0 radical (unpaired) electrons. The van der Waals surface area contributed by atoms with Crippen molar-refractivity contribution < 1.29 is 4.74 Å². The zero-order valence-electron chi connectivity index (χ0n) is 11.7. The van der Waals surface area contributed by atoms with Crippen LogP contribution in [0.25, 0.3) is 0 Å². The van der Waals surface area contributed by atoms with Crippen LogP contribution in [-0.4, -0.2) is 48.2 Å². The molecule has 3 rings (SSSR count). The van der Waals surface area contributed by atoms with E-state index in [-0.39, 0.29) is 0 Å². The summed E-state index contributed by atoms with van der Waals surface area (Å²) in [7, 11) is 1.98. The van der Waals surface area contributed by atoms with Gasteiger partial charge in [0.2, 0.25) is 0 Å². The monoisotopic (exact) mass is 264 g/mol. The molecule has 2 aliphatic heterocycles. The van der Waals surface area contributed by atoms with Crippen molar-refractivity contribution in [2.45, 2.75) is 37.8 Å². The van der Waals surface area contributed by atoms with Crippen LogP contribution in [0.15, 0.2) is 12.4 Å². The number of rotatable bonds is 3. The highest BCUT2D eigenvalue weighted by Crippen LogP contribution is 2.20. The van der Waals surface area contributed by atoms with Crippen LogP contribution in [0.3, 0.4) is 0 Å². The average molecular weight is 264 g/mol. The van der Waals surface area contributed by atoms with Gasteiger partial charge < -0.3 is 15.0 Å². The van der Waals surface area contributed by atoms with Crippen molar-refractivity contribution >= 4 is 5.69 Å².